The summed E-state index contributed by atoms with van der Waals surface area (Å²) in [5.41, 5.74) is 0. The summed E-state index contributed by atoms with van der Waals surface area (Å²) in [6.45, 7) is 0.532. The summed E-state index contributed by atoms with van der Waals surface area (Å²) < 4.78 is 4.74. The highest BCUT2D eigenvalue weighted by Gasteiger charge is 2.19. The molecule has 1 aliphatic rings. The lowest BCUT2D eigenvalue weighted by Crippen LogP contribution is -2.27. The fraction of sp³-hybridized carbons (Fsp3) is 0.600. The molecule has 9 heavy (non-hydrogen) atoms. The van der Waals surface area contributed by atoms with Gasteiger partial charge in [-0.1, -0.05) is 0 Å². The average molecular weight is 129 g/mol. The van der Waals surface area contributed by atoms with Crippen LogP contribution in [0.2, 0.25) is 0 Å². The maximum atomic E-state index is 10.6. The zero-order valence-electron chi connectivity index (χ0n) is 4.87. The molecule has 1 rings (SSSR count). The number of amides is 1. The molecule has 1 aliphatic heterocycles. The molecule has 1 fully saturated rings. The van der Waals surface area contributed by atoms with Crippen LogP contribution in [0.1, 0.15) is 0 Å². The van der Waals surface area contributed by atoms with Crippen LogP contribution in [0, 0.1) is 0 Å². The molecule has 1 amide bonds. The van der Waals surface area contributed by atoms with Crippen LogP contribution in [0.15, 0.2) is 0 Å². The second-order valence-corrected chi connectivity index (χ2v) is 1.76. The molecule has 4 nitrogen and oxygen atoms in total. The minimum absolute atomic E-state index is 0.109. The average Bonchev–Trinajstić information content (AvgIpc) is 2.18. The molecular formula is C5H7NO3. The highest BCUT2D eigenvalue weighted by Crippen LogP contribution is 1.97. The molecule has 0 aromatic heterocycles. The molecular weight excluding hydrogens is 122 g/mol. The predicted molar refractivity (Wildman–Crippen MR) is 28.6 cm³/mol. The van der Waals surface area contributed by atoms with Gasteiger partial charge in [-0.05, 0) is 0 Å². The van der Waals surface area contributed by atoms with E-state index in [0.29, 0.717) is 6.29 Å². The number of hydrogen-bond acceptors (Lipinski definition) is 3. The number of rotatable bonds is 2. The fourth-order valence-corrected chi connectivity index (χ4v) is 0.651. The third-order valence-corrected chi connectivity index (χ3v) is 1.12. The molecule has 0 aliphatic carbocycles. The maximum absolute atomic E-state index is 10.6. The van der Waals surface area contributed by atoms with Crippen molar-refractivity contribution in [3.63, 3.8) is 0 Å². The molecule has 0 atom stereocenters. The molecule has 0 aromatic rings. The molecule has 1 heterocycles. The summed E-state index contributed by atoms with van der Waals surface area (Å²) in [5.74, 6) is -0.109. The molecule has 0 N–H and O–H groups in total. The first-order valence-electron chi connectivity index (χ1n) is 2.64. The first-order chi connectivity index (χ1) is 4.34. The van der Waals surface area contributed by atoms with Crippen molar-refractivity contribution in [2.75, 3.05) is 19.9 Å². The van der Waals surface area contributed by atoms with E-state index in [4.69, 9.17) is 4.74 Å². The Labute approximate surface area is 52.4 Å². The van der Waals surface area contributed by atoms with Crippen LogP contribution in [0.5, 0.6) is 0 Å². The minimum atomic E-state index is -0.109. The highest BCUT2D eigenvalue weighted by molar-refractivity contribution is 5.80. The van der Waals surface area contributed by atoms with Crippen molar-refractivity contribution in [1.82, 2.24) is 4.90 Å². The predicted octanol–water partition coefficient (Wildman–Crippen LogP) is -0.998. The second kappa shape index (κ2) is 2.59. The van der Waals surface area contributed by atoms with Crippen LogP contribution in [-0.4, -0.2) is 37.0 Å². The smallest absolute Gasteiger partial charge is 0.250 e. The monoisotopic (exact) mass is 129 g/mol. The molecule has 0 radical (unpaired) electrons. The Hall–Kier alpha value is -0.900. The Morgan fingerprint density at radius 1 is 1.78 bits per heavy atom. The standard InChI is InChI=1S/C5H7NO3/c7-2-1-6-4-9-3-5(6)8/h2H,1,3-4H2. The van der Waals surface area contributed by atoms with Gasteiger partial charge >= 0.3 is 0 Å². The van der Waals surface area contributed by atoms with Gasteiger partial charge in [0.1, 0.15) is 19.6 Å². The molecule has 0 saturated carbocycles. The van der Waals surface area contributed by atoms with Crippen LogP contribution >= 0.6 is 0 Å². The zero-order valence-corrected chi connectivity index (χ0v) is 4.87. The van der Waals surface area contributed by atoms with Gasteiger partial charge in [0.15, 0.2) is 0 Å². The molecule has 4 heteroatoms. The van der Waals surface area contributed by atoms with Gasteiger partial charge in [-0.15, -0.1) is 0 Å². The van der Waals surface area contributed by atoms with Crippen molar-refractivity contribution in [3.8, 4) is 0 Å². The lowest BCUT2D eigenvalue weighted by atomic mass is 10.5. The number of aldehydes is 1. The van der Waals surface area contributed by atoms with Gasteiger partial charge in [0, 0.05) is 0 Å². The Kier molecular flexibility index (Phi) is 1.79. The van der Waals surface area contributed by atoms with Gasteiger partial charge in [-0.25, -0.2) is 0 Å². The van der Waals surface area contributed by atoms with E-state index in [9.17, 15) is 9.59 Å². The minimum Gasteiger partial charge on any atom is -0.351 e. The van der Waals surface area contributed by atoms with E-state index in [0.717, 1.165) is 0 Å². The van der Waals surface area contributed by atoms with Crippen LogP contribution < -0.4 is 0 Å². The SMILES string of the molecule is O=CCN1COCC1=O. The largest absolute Gasteiger partial charge is 0.351 e. The second-order valence-electron chi connectivity index (χ2n) is 1.76. The van der Waals surface area contributed by atoms with Crippen molar-refractivity contribution in [3.05, 3.63) is 0 Å². The van der Waals surface area contributed by atoms with E-state index in [2.05, 4.69) is 0 Å². The summed E-state index contributed by atoms with van der Waals surface area (Å²) in [5, 5.41) is 0. The zero-order chi connectivity index (χ0) is 6.69. The van der Waals surface area contributed by atoms with Gasteiger partial charge < -0.3 is 14.4 Å². The van der Waals surface area contributed by atoms with Crippen LogP contribution in [-0.2, 0) is 14.3 Å². The molecule has 50 valence electrons. The summed E-state index contributed by atoms with van der Waals surface area (Å²) >= 11 is 0. The topological polar surface area (TPSA) is 46.6 Å². The summed E-state index contributed by atoms with van der Waals surface area (Å²) in [4.78, 5) is 21.8. The van der Waals surface area contributed by atoms with Crippen molar-refractivity contribution < 1.29 is 14.3 Å². The van der Waals surface area contributed by atoms with E-state index in [1.54, 1.807) is 0 Å². The third-order valence-electron chi connectivity index (χ3n) is 1.12. The van der Waals surface area contributed by atoms with Crippen molar-refractivity contribution >= 4 is 12.2 Å². The van der Waals surface area contributed by atoms with E-state index >= 15 is 0 Å². The van der Waals surface area contributed by atoms with Crippen molar-refractivity contribution in [2.24, 2.45) is 0 Å². The van der Waals surface area contributed by atoms with Gasteiger partial charge in [-0.2, -0.15) is 0 Å². The van der Waals surface area contributed by atoms with Crippen molar-refractivity contribution in [2.45, 2.75) is 0 Å². The van der Waals surface area contributed by atoms with Gasteiger partial charge in [0.25, 0.3) is 5.91 Å². The summed E-state index contributed by atoms with van der Waals surface area (Å²) in [6, 6.07) is 0. The first-order valence-corrected chi connectivity index (χ1v) is 2.64. The number of carbonyl (C=O) groups excluding carboxylic acids is 2. The first kappa shape index (κ1) is 6.22. The molecule has 1 saturated heterocycles. The van der Waals surface area contributed by atoms with Crippen LogP contribution in [0.4, 0.5) is 0 Å². The Morgan fingerprint density at radius 2 is 2.56 bits per heavy atom. The van der Waals surface area contributed by atoms with Crippen molar-refractivity contribution in [1.29, 1.82) is 0 Å². The molecule has 0 aromatic carbocycles. The Balaban J connectivity index is 2.39. The highest BCUT2D eigenvalue weighted by atomic mass is 16.5. The quantitative estimate of drug-likeness (QED) is 0.449. The molecule has 0 unspecified atom stereocenters. The molecule has 0 bridgehead atoms. The van der Waals surface area contributed by atoms with Gasteiger partial charge in [0.05, 0.1) is 6.54 Å². The van der Waals surface area contributed by atoms with Crippen LogP contribution in [0.25, 0.3) is 0 Å². The van der Waals surface area contributed by atoms with E-state index in [-0.39, 0.29) is 25.8 Å². The number of hydrogen-bond donors (Lipinski definition) is 0. The van der Waals surface area contributed by atoms with E-state index in [1.165, 1.54) is 4.90 Å². The van der Waals surface area contributed by atoms with Gasteiger partial charge in [-0.3, -0.25) is 4.79 Å². The number of ether oxygens (including phenoxy) is 1. The Morgan fingerprint density at radius 3 is 3.00 bits per heavy atom. The Bertz CT molecular complexity index is 134. The molecule has 0 spiro atoms. The van der Waals surface area contributed by atoms with Gasteiger partial charge in [0.2, 0.25) is 0 Å². The maximum Gasteiger partial charge on any atom is 0.250 e. The number of nitrogens with zero attached hydrogens (tertiary/aromatic N) is 1. The fourth-order valence-electron chi connectivity index (χ4n) is 0.651. The lowest BCUT2D eigenvalue weighted by Gasteiger charge is -2.06. The normalized spacial score (nSPS) is 18.7. The summed E-state index contributed by atoms with van der Waals surface area (Å²) in [6.07, 6.45) is 0.687. The lowest BCUT2D eigenvalue weighted by molar-refractivity contribution is -0.128. The van der Waals surface area contributed by atoms with E-state index < -0.39 is 0 Å². The van der Waals surface area contributed by atoms with Crippen LogP contribution in [0.3, 0.4) is 0 Å². The number of carbonyl (C=O) groups is 2. The van der Waals surface area contributed by atoms with E-state index in [1.807, 2.05) is 0 Å². The third kappa shape index (κ3) is 1.26. The summed E-state index contributed by atoms with van der Waals surface area (Å²) in [7, 11) is 0.